The molecule has 0 aliphatic heterocycles. The van der Waals surface area contributed by atoms with E-state index in [0.717, 1.165) is 0 Å². The molecule has 1 aromatic carbocycles. The summed E-state index contributed by atoms with van der Waals surface area (Å²) in [5.41, 5.74) is 0.196. The number of carbonyl (C=O) groups is 3. The van der Waals surface area contributed by atoms with Crippen LogP contribution in [0.1, 0.15) is 61.3 Å². The number of nitrogens with zero attached hydrogens (tertiary/aromatic N) is 4. The van der Waals surface area contributed by atoms with E-state index in [4.69, 9.17) is 9.47 Å². The third kappa shape index (κ3) is 14.1. The molecule has 3 N–H and O–H groups in total. The number of rotatable bonds is 11. The largest absolute Gasteiger partial charge is 1.00 e. The van der Waals surface area contributed by atoms with Crippen LogP contribution in [-0.2, 0) is 27.4 Å². The first-order chi connectivity index (χ1) is 18.2. The number of carbonyl (C=O) groups excluding carboxylic acids is 3. The Morgan fingerprint density at radius 3 is 1.95 bits per heavy atom. The highest BCUT2D eigenvalue weighted by molar-refractivity contribution is 5.88. The maximum Gasteiger partial charge on any atom is 0.421 e. The summed E-state index contributed by atoms with van der Waals surface area (Å²) in [5, 5.41) is 17.1. The van der Waals surface area contributed by atoms with Crippen molar-refractivity contribution < 1.29 is 45.4 Å². The number of hydrogen-bond acceptors (Lipinski definition) is 7. The molecule has 13 heteroatoms. The summed E-state index contributed by atoms with van der Waals surface area (Å²) in [7, 11) is 0. The van der Waals surface area contributed by atoms with Crippen molar-refractivity contribution in [2.75, 3.05) is 18.4 Å². The number of imidazole rings is 1. The molecule has 40 heavy (non-hydrogen) atoms. The van der Waals surface area contributed by atoms with E-state index in [-0.39, 0.29) is 22.9 Å². The fourth-order valence-electron chi connectivity index (χ4n) is 3.35. The highest BCUT2D eigenvalue weighted by atomic mass is 79.9. The van der Waals surface area contributed by atoms with E-state index in [1.54, 1.807) is 24.3 Å². The van der Waals surface area contributed by atoms with Crippen molar-refractivity contribution in [3.8, 4) is 0 Å². The lowest BCUT2D eigenvalue weighted by Crippen LogP contribution is -3.00. The maximum atomic E-state index is 11.9. The normalized spacial score (nSPS) is 11.5. The van der Waals surface area contributed by atoms with Gasteiger partial charge in [0, 0.05) is 30.8 Å². The molecule has 2 aromatic rings. The monoisotopic (exact) mass is 623 g/mol. The van der Waals surface area contributed by atoms with Crippen molar-refractivity contribution in [1.82, 2.24) is 15.2 Å². The number of aromatic nitrogens is 2. The number of anilines is 1. The zero-order valence-corrected chi connectivity index (χ0v) is 26.0. The minimum Gasteiger partial charge on any atom is -1.00 e. The molecule has 3 amide bonds. The number of azo groups is 1. The maximum absolute atomic E-state index is 11.9. The molecule has 0 saturated heterocycles. The highest BCUT2D eigenvalue weighted by Gasteiger charge is 2.19. The summed E-state index contributed by atoms with van der Waals surface area (Å²) < 4.78 is 14.5. The molecule has 0 radical (unpaired) electrons. The summed E-state index contributed by atoms with van der Waals surface area (Å²) in [6.45, 7) is 14.4. The number of aryl methyl sites for hydroxylation is 2. The smallest absolute Gasteiger partial charge is 0.421 e. The third-order valence-corrected chi connectivity index (χ3v) is 4.87. The average molecular weight is 625 g/mol. The first-order valence-corrected chi connectivity index (χ1v) is 13.0. The molecule has 2 rings (SSSR count). The molecule has 0 atom stereocenters. The summed E-state index contributed by atoms with van der Waals surface area (Å²) >= 11 is 0. The van der Waals surface area contributed by atoms with Crippen LogP contribution < -0.4 is 37.5 Å². The fraction of sp³-hybridized carbons (Fsp3) is 0.556. The van der Waals surface area contributed by atoms with Crippen LogP contribution >= 0.6 is 0 Å². The number of halogens is 1. The number of ether oxygens (including phenoxy) is 2. The van der Waals surface area contributed by atoms with Crippen LogP contribution in [0.15, 0.2) is 46.9 Å². The van der Waals surface area contributed by atoms with Crippen LogP contribution in [0.2, 0.25) is 0 Å². The summed E-state index contributed by atoms with van der Waals surface area (Å²) in [4.78, 5) is 35.1. The predicted octanol–water partition coefficient (Wildman–Crippen LogP) is 1.98. The summed E-state index contributed by atoms with van der Waals surface area (Å²) in [5.74, 6) is 0.473. The molecule has 222 valence electrons. The molecule has 0 bridgehead atoms. The molecule has 0 fully saturated rings. The lowest BCUT2D eigenvalue weighted by Gasteiger charge is -2.19. The molecule has 12 nitrogen and oxygen atoms in total. The SMILES string of the molecule is CC(=O)Nc1ccc(/N=N/c2n(CCCNC(=O)OC(C)(C)C)cc[n+]2CCCNC(=O)OC(C)(C)C)cc1.[Br-]. The number of nitrogens with one attached hydrogen (secondary N) is 3. The molecule has 0 aliphatic rings. The predicted molar refractivity (Wildman–Crippen MR) is 147 cm³/mol. The summed E-state index contributed by atoms with van der Waals surface area (Å²) in [6.07, 6.45) is 4.21. The lowest BCUT2D eigenvalue weighted by atomic mass is 10.2. The van der Waals surface area contributed by atoms with Gasteiger partial charge in [0.05, 0.1) is 25.5 Å². The molecular weight excluding hydrogens is 582 g/mol. The Hall–Kier alpha value is -3.48. The van der Waals surface area contributed by atoms with E-state index >= 15 is 0 Å². The average Bonchev–Trinajstić information content (AvgIpc) is 3.18. The van der Waals surface area contributed by atoms with Crippen molar-refractivity contribution in [2.24, 2.45) is 10.2 Å². The van der Waals surface area contributed by atoms with E-state index < -0.39 is 23.4 Å². The number of benzene rings is 1. The van der Waals surface area contributed by atoms with Gasteiger partial charge >= 0.3 is 18.1 Å². The van der Waals surface area contributed by atoms with Gasteiger partial charge in [-0.05, 0) is 78.6 Å². The molecule has 0 unspecified atom stereocenters. The second kappa shape index (κ2) is 15.9. The van der Waals surface area contributed by atoms with Gasteiger partial charge in [-0.2, -0.15) is 0 Å². The molecule has 0 spiro atoms. The van der Waals surface area contributed by atoms with Crippen LogP contribution in [-0.4, -0.2) is 47.0 Å². The van der Waals surface area contributed by atoms with Crippen LogP contribution in [0.25, 0.3) is 0 Å². The standard InChI is InChI=1S/C27H41N7O5.BrH/c1-20(35)30-21-10-12-22(13-11-21)31-32-23-33(16-8-14-28-24(36)38-26(2,3)4)18-19-34(23)17-9-15-29-25(37)39-27(5,6)7;/h10-13,18-19H,8-9,14-17H2,1-7H3,(H2,28,29,36,37);1H. The summed E-state index contributed by atoms with van der Waals surface area (Å²) in [6, 6.07) is 7.05. The topological polar surface area (TPSA) is 139 Å². The van der Waals surface area contributed by atoms with Gasteiger partial charge < -0.3 is 42.4 Å². The van der Waals surface area contributed by atoms with Gasteiger partial charge in [-0.1, -0.05) is 5.11 Å². The first kappa shape index (κ1) is 34.5. The van der Waals surface area contributed by atoms with E-state index in [1.807, 2.05) is 63.1 Å². The van der Waals surface area contributed by atoms with E-state index in [1.165, 1.54) is 6.92 Å². The Bertz CT molecular complexity index is 1080. The molecule has 1 aromatic heterocycles. The van der Waals surface area contributed by atoms with E-state index in [2.05, 4.69) is 26.2 Å². The van der Waals surface area contributed by atoms with Crippen molar-refractivity contribution in [1.29, 1.82) is 0 Å². The second-order valence-electron chi connectivity index (χ2n) is 11.0. The lowest BCUT2D eigenvalue weighted by molar-refractivity contribution is -0.683. The molecular formula is C27H42BrN7O5. The van der Waals surface area contributed by atoms with Crippen molar-refractivity contribution in [3.05, 3.63) is 36.7 Å². The minimum atomic E-state index is -0.553. The van der Waals surface area contributed by atoms with Crippen LogP contribution in [0.3, 0.4) is 0 Å². The Balaban J connectivity index is 0.00000800. The van der Waals surface area contributed by atoms with Crippen LogP contribution in [0, 0.1) is 0 Å². The molecule has 0 saturated carbocycles. The Kier molecular flexibility index (Phi) is 13.8. The van der Waals surface area contributed by atoms with Crippen molar-refractivity contribution in [2.45, 2.75) is 85.6 Å². The highest BCUT2D eigenvalue weighted by Crippen LogP contribution is 2.19. The first-order valence-electron chi connectivity index (χ1n) is 13.0. The van der Waals surface area contributed by atoms with Crippen LogP contribution in [0.5, 0.6) is 0 Å². The second-order valence-corrected chi connectivity index (χ2v) is 11.0. The van der Waals surface area contributed by atoms with Crippen molar-refractivity contribution in [3.63, 3.8) is 0 Å². The quantitative estimate of drug-likeness (QED) is 0.199. The van der Waals surface area contributed by atoms with Gasteiger partial charge in [0.15, 0.2) is 0 Å². The zero-order chi connectivity index (χ0) is 29.1. The number of alkyl carbamates (subject to hydrolysis) is 2. The van der Waals surface area contributed by atoms with Gasteiger partial charge in [0.2, 0.25) is 5.91 Å². The van der Waals surface area contributed by atoms with Gasteiger partial charge in [-0.3, -0.25) is 4.79 Å². The van der Waals surface area contributed by atoms with Crippen molar-refractivity contribution >= 4 is 35.4 Å². The van der Waals surface area contributed by atoms with Gasteiger partial charge in [0.25, 0.3) is 0 Å². The van der Waals surface area contributed by atoms with Gasteiger partial charge in [-0.15, -0.1) is 0 Å². The Labute approximate surface area is 246 Å². The van der Waals surface area contributed by atoms with E-state index in [9.17, 15) is 14.4 Å². The third-order valence-electron chi connectivity index (χ3n) is 4.87. The Morgan fingerprint density at radius 2 is 1.43 bits per heavy atom. The van der Waals surface area contributed by atoms with Gasteiger partial charge in [-0.25, -0.2) is 18.7 Å². The number of amides is 3. The van der Waals surface area contributed by atoms with Gasteiger partial charge in [0.1, 0.15) is 16.9 Å². The minimum absolute atomic E-state index is 0. The fourth-order valence-corrected chi connectivity index (χ4v) is 3.35. The molecule has 0 aliphatic carbocycles. The van der Waals surface area contributed by atoms with Crippen LogP contribution in [0.4, 0.5) is 26.9 Å². The van der Waals surface area contributed by atoms with E-state index in [0.29, 0.717) is 56.3 Å². The number of hydrogen-bond donors (Lipinski definition) is 3. The Morgan fingerprint density at radius 1 is 0.875 bits per heavy atom. The molecule has 1 heterocycles. The zero-order valence-electron chi connectivity index (χ0n) is 24.4.